The zero-order valence-electron chi connectivity index (χ0n) is 12.0. The quantitative estimate of drug-likeness (QED) is 0.905. The van der Waals surface area contributed by atoms with Crippen LogP contribution in [0.2, 0.25) is 0 Å². The van der Waals surface area contributed by atoms with Crippen molar-refractivity contribution < 1.29 is 19.4 Å². The first kappa shape index (κ1) is 15.4. The molecule has 1 aliphatic rings. The van der Waals surface area contributed by atoms with Gasteiger partial charge in [-0.25, -0.2) is 4.79 Å². The fourth-order valence-electron chi connectivity index (χ4n) is 2.60. The molecule has 0 aromatic heterocycles. The number of hydrogen-bond acceptors (Lipinski definition) is 3. The van der Waals surface area contributed by atoms with E-state index in [4.69, 9.17) is 9.84 Å². The van der Waals surface area contributed by atoms with E-state index >= 15 is 0 Å². The van der Waals surface area contributed by atoms with Crippen molar-refractivity contribution in [3.05, 3.63) is 35.9 Å². The lowest BCUT2D eigenvalue weighted by atomic mass is 9.94. The molecular formula is C16H21NO4. The Morgan fingerprint density at radius 3 is 2.76 bits per heavy atom. The second kappa shape index (κ2) is 7.67. The summed E-state index contributed by atoms with van der Waals surface area (Å²) in [6, 6.07) is 9.57. The van der Waals surface area contributed by atoms with E-state index in [1.165, 1.54) is 0 Å². The van der Waals surface area contributed by atoms with Crippen LogP contribution < -0.4 is 0 Å². The monoisotopic (exact) mass is 291 g/mol. The van der Waals surface area contributed by atoms with Gasteiger partial charge in [0, 0.05) is 19.5 Å². The fourth-order valence-corrected chi connectivity index (χ4v) is 2.60. The van der Waals surface area contributed by atoms with Crippen LogP contribution in [-0.4, -0.2) is 35.2 Å². The number of likely N-dealkylation sites (tertiary alicyclic amines) is 1. The van der Waals surface area contributed by atoms with E-state index < -0.39 is 5.97 Å². The third-order valence-corrected chi connectivity index (χ3v) is 3.75. The highest BCUT2D eigenvalue weighted by Crippen LogP contribution is 2.21. The number of carbonyl (C=O) groups excluding carboxylic acids is 1. The molecule has 0 bridgehead atoms. The predicted molar refractivity (Wildman–Crippen MR) is 77.8 cm³/mol. The van der Waals surface area contributed by atoms with E-state index in [1.807, 2.05) is 30.3 Å². The van der Waals surface area contributed by atoms with E-state index in [2.05, 4.69) is 0 Å². The van der Waals surface area contributed by atoms with Gasteiger partial charge in [-0.05, 0) is 30.7 Å². The normalized spacial score (nSPS) is 18.3. The van der Waals surface area contributed by atoms with E-state index in [0.29, 0.717) is 19.5 Å². The van der Waals surface area contributed by atoms with Crippen molar-refractivity contribution in [2.45, 2.75) is 32.3 Å². The predicted octanol–water partition coefficient (Wildman–Crippen LogP) is 2.90. The number of aliphatic carboxylic acids is 1. The van der Waals surface area contributed by atoms with Gasteiger partial charge in [0.15, 0.2) is 0 Å². The molecule has 114 valence electrons. The minimum Gasteiger partial charge on any atom is -0.481 e. The summed E-state index contributed by atoms with van der Waals surface area (Å²) in [5.74, 6) is -0.516. The molecule has 1 fully saturated rings. The average molecular weight is 291 g/mol. The molecule has 1 amide bonds. The molecular weight excluding hydrogens is 270 g/mol. The van der Waals surface area contributed by atoms with Gasteiger partial charge in [-0.2, -0.15) is 0 Å². The number of hydrogen-bond donors (Lipinski definition) is 1. The maximum atomic E-state index is 12.0. The van der Waals surface area contributed by atoms with Gasteiger partial charge in [0.2, 0.25) is 0 Å². The van der Waals surface area contributed by atoms with Crippen molar-refractivity contribution in [1.82, 2.24) is 4.90 Å². The Bertz CT molecular complexity index is 474. The van der Waals surface area contributed by atoms with E-state index in [-0.39, 0.29) is 25.0 Å². The summed E-state index contributed by atoms with van der Waals surface area (Å²) >= 11 is 0. The molecule has 0 saturated carbocycles. The number of amides is 1. The first-order chi connectivity index (χ1) is 10.1. The summed E-state index contributed by atoms with van der Waals surface area (Å²) in [6.45, 7) is 1.56. The molecule has 5 nitrogen and oxygen atoms in total. The Balaban J connectivity index is 1.77. The zero-order valence-corrected chi connectivity index (χ0v) is 12.0. The minimum atomic E-state index is -0.779. The molecule has 2 rings (SSSR count). The maximum Gasteiger partial charge on any atom is 0.410 e. The number of piperidine rings is 1. The zero-order chi connectivity index (χ0) is 15.1. The average Bonchev–Trinajstić information content (AvgIpc) is 2.52. The lowest BCUT2D eigenvalue weighted by molar-refractivity contribution is -0.137. The van der Waals surface area contributed by atoms with Gasteiger partial charge in [0.25, 0.3) is 0 Å². The number of benzene rings is 1. The van der Waals surface area contributed by atoms with Crippen molar-refractivity contribution in [2.75, 3.05) is 13.1 Å². The summed E-state index contributed by atoms with van der Waals surface area (Å²) in [7, 11) is 0. The summed E-state index contributed by atoms with van der Waals surface area (Å²) in [5.41, 5.74) is 0.963. The number of carbonyl (C=O) groups is 2. The summed E-state index contributed by atoms with van der Waals surface area (Å²) < 4.78 is 5.31. The SMILES string of the molecule is O=C(O)CC[C@H]1CCCN(C(=O)OCc2ccccc2)C1. The molecule has 0 radical (unpaired) electrons. The number of carboxylic acids is 1. The van der Waals surface area contributed by atoms with Gasteiger partial charge in [-0.1, -0.05) is 30.3 Å². The Morgan fingerprint density at radius 1 is 1.29 bits per heavy atom. The highest BCUT2D eigenvalue weighted by Gasteiger charge is 2.24. The van der Waals surface area contributed by atoms with Crippen molar-refractivity contribution in [3.8, 4) is 0 Å². The van der Waals surface area contributed by atoms with Crippen LogP contribution in [0.4, 0.5) is 4.79 Å². The molecule has 1 aromatic rings. The van der Waals surface area contributed by atoms with E-state index in [0.717, 1.165) is 18.4 Å². The largest absolute Gasteiger partial charge is 0.481 e. The molecule has 1 saturated heterocycles. The molecule has 1 aliphatic heterocycles. The molecule has 0 aliphatic carbocycles. The molecule has 21 heavy (non-hydrogen) atoms. The van der Waals surface area contributed by atoms with Crippen molar-refractivity contribution in [2.24, 2.45) is 5.92 Å². The third-order valence-electron chi connectivity index (χ3n) is 3.75. The van der Waals surface area contributed by atoms with Crippen LogP contribution in [-0.2, 0) is 16.1 Å². The molecule has 0 unspecified atom stereocenters. The Morgan fingerprint density at radius 2 is 2.05 bits per heavy atom. The lowest BCUT2D eigenvalue weighted by Gasteiger charge is -2.31. The van der Waals surface area contributed by atoms with Crippen molar-refractivity contribution in [3.63, 3.8) is 0 Å². The standard InChI is InChI=1S/C16H21NO4/c18-15(19)9-8-13-7-4-10-17(11-13)16(20)21-12-14-5-2-1-3-6-14/h1-3,5-6,13H,4,7-12H2,(H,18,19)/t13-/m1/s1. The van der Waals surface area contributed by atoms with Crippen LogP contribution in [0, 0.1) is 5.92 Å². The first-order valence-corrected chi connectivity index (χ1v) is 7.32. The summed E-state index contributed by atoms with van der Waals surface area (Å²) in [6.07, 6.45) is 2.37. The van der Waals surface area contributed by atoms with Crippen LogP contribution >= 0.6 is 0 Å². The van der Waals surface area contributed by atoms with Gasteiger partial charge in [-0.3, -0.25) is 4.79 Å². The van der Waals surface area contributed by atoms with Crippen LogP contribution in [0.25, 0.3) is 0 Å². The lowest BCUT2D eigenvalue weighted by Crippen LogP contribution is -2.40. The second-order valence-electron chi connectivity index (χ2n) is 5.43. The molecule has 0 spiro atoms. The molecule has 1 aromatic carbocycles. The minimum absolute atomic E-state index is 0.164. The Kier molecular flexibility index (Phi) is 5.60. The van der Waals surface area contributed by atoms with Crippen LogP contribution in [0.15, 0.2) is 30.3 Å². The van der Waals surface area contributed by atoms with Crippen LogP contribution in [0.3, 0.4) is 0 Å². The number of nitrogens with zero attached hydrogens (tertiary/aromatic N) is 1. The number of rotatable bonds is 5. The van der Waals surface area contributed by atoms with Crippen LogP contribution in [0.1, 0.15) is 31.2 Å². The van der Waals surface area contributed by atoms with Gasteiger partial charge in [0.05, 0.1) is 0 Å². The van der Waals surface area contributed by atoms with E-state index in [1.54, 1.807) is 4.90 Å². The fraction of sp³-hybridized carbons (Fsp3) is 0.500. The first-order valence-electron chi connectivity index (χ1n) is 7.32. The van der Waals surface area contributed by atoms with Gasteiger partial charge < -0.3 is 14.7 Å². The molecule has 1 heterocycles. The number of carboxylic acid groups (broad SMARTS) is 1. The summed E-state index contributed by atoms with van der Waals surface area (Å²) in [4.78, 5) is 24.3. The Hall–Kier alpha value is -2.04. The highest BCUT2D eigenvalue weighted by molar-refractivity contribution is 5.68. The van der Waals surface area contributed by atoms with Gasteiger partial charge in [-0.15, -0.1) is 0 Å². The maximum absolute atomic E-state index is 12.0. The van der Waals surface area contributed by atoms with Gasteiger partial charge >= 0.3 is 12.1 Å². The third kappa shape index (κ3) is 5.10. The topological polar surface area (TPSA) is 66.8 Å². The Labute approximate surface area is 124 Å². The number of ether oxygens (including phenoxy) is 1. The van der Waals surface area contributed by atoms with Gasteiger partial charge in [0.1, 0.15) is 6.61 Å². The van der Waals surface area contributed by atoms with Crippen molar-refractivity contribution >= 4 is 12.1 Å². The van der Waals surface area contributed by atoms with Crippen molar-refractivity contribution in [1.29, 1.82) is 0 Å². The second-order valence-corrected chi connectivity index (χ2v) is 5.43. The molecule has 1 N–H and O–H groups in total. The molecule has 1 atom stereocenters. The smallest absolute Gasteiger partial charge is 0.410 e. The van der Waals surface area contributed by atoms with E-state index in [9.17, 15) is 9.59 Å². The highest BCUT2D eigenvalue weighted by atomic mass is 16.6. The summed E-state index contributed by atoms with van der Waals surface area (Å²) in [5, 5.41) is 8.72. The van der Waals surface area contributed by atoms with Crippen LogP contribution in [0.5, 0.6) is 0 Å². The molecule has 5 heteroatoms.